The number of amides is 1. The molecule has 0 unspecified atom stereocenters. The molecule has 2 aliphatic heterocycles. The standard InChI is InChI=1S/C13H10N2O3S/c16-11-9(7-8-3-1-2-5-14-8)12-15(11)10(13(17)18)4-6-19-12/h1-5,7,12H,6H2,(H,17,18)/t12-/m0/s1. The summed E-state index contributed by atoms with van der Waals surface area (Å²) in [7, 11) is 0. The Labute approximate surface area is 113 Å². The number of carboxylic acids is 1. The van der Waals surface area contributed by atoms with Gasteiger partial charge in [0.05, 0.1) is 11.3 Å². The second kappa shape index (κ2) is 4.55. The number of hydrogen-bond donors (Lipinski definition) is 1. The topological polar surface area (TPSA) is 70.5 Å². The van der Waals surface area contributed by atoms with Crippen LogP contribution in [0.25, 0.3) is 6.08 Å². The van der Waals surface area contributed by atoms with Crippen LogP contribution in [0.1, 0.15) is 5.69 Å². The second-order valence-electron chi connectivity index (χ2n) is 4.11. The first-order valence-electron chi connectivity index (χ1n) is 5.70. The maximum atomic E-state index is 12.0. The first kappa shape index (κ1) is 12.0. The highest BCUT2D eigenvalue weighted by Gasteiger charge is 2.47. The second-order valence-corrected chi connectivity index (χ2v) is 5.22. The Morgan fingerprint density at radius 1 is 1.53 bits per heavy atom. The van der Waals surface area contributed by atoms with Crippen molar-refractivity contribution in [2.24, 2.45) is 0 Å². The lowest BCUT2D eigenvalue weighted by Gasteiger charge is -2.44. The van der Waals surface area contributed by atoms with Crippen molar-refractivity contribution in [3.63, 3.8) is 0 Å². The van der Waals surface area contributed by atoms with Crippen molar-refractivity contribution in [2.45, 2.75) is 5.37 Å². The number of rotatable bonds is 2. The monoisotopic (exact) mass is 274 g/mol. The first-order valence-corrected chi connectivity index (χ1v) is 6.74. The van der Waals surface area contributed by atoms with Gasteiger partial charge in [-0.3, -0.25) is 14.7 Å². The largest absolute Gasteiger partial charge is 0.477 e. The molecule has 3 heterocycles. The fraction of sp³-hybridized carbons (Fsp3) is 0.154. The van der Waals surface area contributed by atoms with Crippen LogP contribution in [0.5, 0.6) is 0 Å². The third-order valence-corrected chi connectivity index (χ3v) is 4.11. The zero-order valence-electron chi connectivity index (χ0n) is 9.81. The van der Waals surface area contributed by atoms with Gasteiger partial charge in [-0.25, -0.2) is 4.79 Å². The SMILES string of the molecule is O=C(O)C1=CCS[C@H]2C(=Cc3ccccn3)C(=O)N12. The molecule has 0 aliphatic carbocycles. The first-order chi connectivity index (χ1) is 9.18. The van der Waals surface area contributed by atoms with Gasteiger partial charge in [-0.2, -0.15) is 0 Å². The summed E-state index contributed by atoms with van der Waals surface area (Å²) in [6.07, 6.45) is 4.95. The Kier molecular flexibility index (Phi) is 2.87. The van der Waals surface area contributed by atoms with E-state index in [2.05, 4.69) is 4.98 Å². The van der Waals surface area contributed by atoms with Gasteiger partial charge in [-0.05, 0) is 24.3 Å². The Morgan fingerprint density at radius 3 is 3.05 bits per heavy atom. The molecular formula is C13H10N2O3S. The summed E-state index contributed by atoms with van der Waals surface area (Å²) in [4.78, 5) is 28.5. The summed E-state index contributed by atoms with van der Waals surface area (Å²) in [5.74, 6) is -0.720. The molecule has 1 N–H and O–H groups in total. The van der Waals surface area contributed by atoms with E-state index in [0.717, 1.165) is 0 Å². The molecule has 1 aromatic rings. The number of carboxylic acid groups (broad SMARTS) is 1. The third-order valence-electron chi connectivity index (χ3n) is 2.97. The van der Waals surface area contributed by atoms with Crippen molar-refractivity contribution in [1.82, 2.24) is 9.88 Å². The number of thioether (sulfide) groups is 1. The van der Waals surface area contributed by atoms with Gasteiger partial charge in [0, 0.05) is 11.9 Å². The van der Waals surface area contributed by atoms with Crippen LogP contribution >= 0.6 is 11.8 Å². The van der Waals surface area contributed by atoms with Gasteiger partial charge < -0.3 is 5.11 Å². The molecule has 1 amide bonds. The average molecular weight is 274 g/mol. The molecule has 96 valence electrons. The fourth-order valence-electron chi connectivity index (χ4n) is 2.08. The van der Waals surface area contributed by atoms with Crippen molar-refractivity contribution in [3.05, 3.63) is 47.4 Å². The quantitative estimate of drug-likeness (QED) is 0.651. The molecule has 0 spiro atoms. The van der Waals surface area contributed by atoms with Gasteiger partial charge in [0.2, 0.25) is 0 Å². The molecule has 1 saturated heterocycles. The summed E-state index contributed by atoms with van der Waals surface area (Å²) < 4.78 is 0. The van der Waals surface area contributed by atoms with Gasteiger partial charge in [0.15, 0.2) is 0 Å². The maximum Gasteiger partial charge on any atom is 0.352 e. The van der Waals surface area contributed by atoms with Gasteiger partial charge >= 0.3 is 5.97 Å². The number of β-lactam (4-membered cyclic amide) rings is 1. The van der Waals surface area contributed by atoms with E-state index in [0.29, 0.717) is 17.0 Å². The van der Waals surface area contributed by atoms with Crippen LogP contribution in [0.15, 0.2) is 41.7 Å². The zero-order chi connectivity index (χ0) is 13.4. The number of hydrogen-bond acceptors (Lipinski definition) is 4. The van der Waals surface area contributed by atoms with E-state index >= 15 is 0 Å². The van der Waals surface area contributed by atoms with Gasteiger partial charge in [0.1, 0.15) is 11.1 Å². The van der Waals surface area contributed by atoms with E-state index in [1.807, 2.05) is 12.1 Å². The van der Waals surface area contributed by atoms with Crippen LogP contribution in [0.4, 0.5) is 0 Å². The predicted octanol–water partition coefficient (Wildman–Crippen LogP) is 1.35. The molecule has 0 aromatic carbocycles. The molecule has 0 radical (unpaired) electrons. The highest BCUT2D eigenvalue weighted by Crippen LogP contribution is 2.41. The molecule has 0 bridgehead atoms. The highest BCUT2D eigenvalue weighted by molar-refractivity contribution is 8.00. The number of aromatic nitrogens is 1. The van der Waals surface area contributed by atoms with Crippen LogP contribution in [0, 0.1) is 0 Å². The number of fused-ring (bicyclic) bond motifs is 1. The summed E-state index contributed by atoms with van der Waals surface area (Å²) in [5, 5.41) is 8.85. The van der Waals surface area contributed by atoms with Crippen molar-refractivity contribution in [2.75, 3.05) is 5.75 Å². The average Bonchev–Trinajstić information content (AvgIpc) is 2.44. The number of carbonyl (C=O) groups is 2. The minimum absolute atomic E-state index is 0.0759. The lowest BCUT2D eigenvalue weighted by atomic mass is 10.0. The molecule has 5 nitrogen and oxygen atoms in total. The van der Waals surface area contributed by atoms with Crippen LogP contribution in [0.2, 0.25) is 0 Å². The van der Waals surface area contributed by atoms with Crippen LogP contribution < -0.4 is 0 Å². The number of pyridine rings is 1. The fourth-order valence-corrected chi connectivity index (χ4v) is 3.23. The molecule has 19 heavy (non-hydrogen) atoms. The molecule has 1 atom stereocenters. The number of aliphatic carboxylic acids is 1. The highest BCUT2D eigenvalue weighted by atomic mass is 32.2. The van der Waals surface area contributed by atoms with Crippen molar-refractivity contribution < 1.29 is 14.7 Å². The van der Waals surface area contributed by atoms with E-state index < -0.39 is 5.97 Å². The smallest absolute Gasteiger partial charge is 0.352 e. The number of nitrogens with zero attached hydrogens (tertiary/aromatic N) is 2. The summed E-state index contributed by atoms with van der Waals surface area (Å²) in [6.45, 7) is 0. The van der Waals surface area contributed by atoms with Crippen molar-refractivity contribution >= 4 is 29.7 Å². The van der Waals surface area contributed by atoms with E-state index in [-0.39, 0.29) is 17.0 Å². The summed E-state index contributed by atoms with van der Waals surface area (Å²) >= 11 is 1.53. The van der Waals surface area contributed by atoms with Crippen molar-refractivity contribution in [3.8, 4) is 0 Å². The van der Waals surface area contributed by atoms with Crippen LogP contribution in [0.3, 0.4) is 0 Å². The Morgan fingerprint density at radius 2 is 2.37 bits per heavy atom. The van der Waals surface area contributed by atoms with E-state index in [1.54, 1.807) is 24.4 Å². The Hall–Kier alpha value is -2.08. The normalized spacial score (nSPS) is 23.7. The van der Waals surface area contributed by atoms with E-state index in [1.165, 1.54) is 16.7 Å². The molecule has 1 fully saturated rings. The molecule has 0 saturated carbocycles. The summed E-state index contributed by atoms with van der Waals surface area (Å²) in [5.41, 5.74) is 1.39. The lowest BCUT2D eigenvalue weighted by Crippen LogP contribution is -2.55. The molecule has 6 heteroatoms. The van der Waals surface area contributed by atoms with Crippen molar-refractivity contribution in [1.29, 1.82) is 0 Å². The van der Waals surface area contributed by atoms with E-state index in [9.17, 15) is 9.59 Å². The third kappa shape index (κ3) is 1.94. The number of carbonyl (C=O) groups excluding carboxylic acids is 1. The van der Waals surface area contributed by atoms with Gasteiger partial charge in [-0.15, -0.1) is 11.8 Å². The zero-order valence-corrected chi connectivity index (χ0v) is 10.6. The minimum atomic E-state index is -1.06. The van der Waals surface area contributed by atoms with E-state index in [4.69, 9.17) is 5.11 Å². The van der Waals surface area contributed by atoms with Crippen LogP contribution in [-0.2, 0) is 9.59 Å². The summed E-state index contributed by atoms with van der Waals surface area (Å²) in [6, 6.07) is 5.46. The minimum Gasteiger partial charge on any atom is -0.477 e. The molecule has 3 rings (SSSR count). The molecule has 2 aliphatic rings. The van der Waals surface area contributed by atoms with Gasteiger partial charge in [-0.1, -0.05) is 6.07 Å². The predicted molar refractivity (Wildman–Crippen MR) is 71.0 cm³/mol. The Balaban J connectivity index is 1.90. The van der Waals surface area contributed by atoms with Gasteiger partial charge in [0.25, 0.3) is 5.91 Å². The molecular weight excluding hydrogens is 264 g/mol. The lowest BCUT2D eigenvalue weighted by molar-refractivity contribution is -0.141. The maximum absolute atomic E-state index is 12.0. The molecule has 1 aromatic heterocycles. The van der Waals surface area contributed by atoms with Crippen LogP contribution in [-0.4, -0.2) is 38.0 Å². The Bertz CT molecular complexity index is 610.